The van der Waals surface area contributed by atoms with Gasteiger partial charge in [0.2, 0.25) is 11.8 Å². The lowest BCUT2D eigenvalue weighted by Crippen LogP contribution is -2.52. The minimum Gasteiger partial charge on any atom is -0.365 e. The molecule has 1 aliphatic heterocycles. The molecule has 0 bridgehead atoms. The number of amides is 2. The van der Waals surface area contributed by atoms with Crippen molar-refractivity contribution in [2.24, 2.45) is 5.92 Å². The van der Waals surface area contributed by atoms with Crippen LogP contribution in [0.25, 0.3) is 11.0 Å². The minimum absolute atomic E-state index is 0.0165. The van der Waals surface area contributed by atoms with Crippen molar-refractivity contribution in [2.75, 3.05) is 32.5 Å². The van der Waals surface area contributed by atoms with Gasteiger partial charge >= 0.3 is 0 Å². The quantitative estimate of drug-likeness (QED) is 0.804. The van der Waals surface area contributed by atoms with E-state index in [1.165, 1.54) is 12.4 Å². The normalized spacial score (nSPS) is 20.3. The molecule has 1 saturated heterocycles. The van der Waals surface area contributed by atoms with Crippen molar-refractivity contribution in [1.82, 2.24) is 24.8 Å². The van der Waals surface area contributed by atoms with Crippen molar-refractivity contribution in [3.05, 3.63) is 31.2 Å². The van der Waals surface area contributed by atoms with Crippen LogP contribution in [-0.2, 0) is 9.59 Å². The number of carbonyl (C=O) groups is 2. The highest BCUT2D eigenvalue weighted by molar-refractivity contribution is 5.89. The molecule has 132 valence electrons. The Kier molecular flexibility index (Phi) is 4.69. The summed E-state index contributed by atoms with van der Waals surface area (Å²) in [4.78, 5) is 39.3. The fourth-order valence-electron chi connectivity index (χ4n) is 3.24. The van der Waals surface area contributed by atoms with E-state index in [1.807, 2.05) is 6.07 Å². The molecule has 1 aliphatic rings. The van der Waals surface area contributed by atoms with Gasteiger partial charge in [-0.15, -0.1) is 0 Å². The molecular formula is C17H22N6O2. The molecule has 2 amide bonds. The summed E-state index contributed by atoms with van der Waals surface area (Å²) < 4.78 is 0. The molecule has 2 aromatic heterocycles. The van der Waals surface area contributed by atoms with Gasteiger partial charge in [0.1, 0.15) is 17.8 Å². The Morgan fingerprint density at radius 2 is 2.20 bits per heavy atom. The zero-order valence-electron chi connectivity index (χ0n) is 14.4. The van der Waals surface area contributed by atoms with E-state index in [2.05, 4.69) is 26.8 Å². The van der Waals surface area contributed by atoms with Crippen LogP contribution in [-0.4, -0.2) is 69.8 Å². The Morgan fingerprint density at radius 1 is 1.40 bits per heavy atom. The number of rotatable bonds is 4. The van der Waals surface area contributed by atoms with Gasteiger partial charge in [0.25, 0.3) is 0 Å². The van der Waals surface area contributed by atoms with Crippen molar-refractivity contribution in [3.63, 3.8) is 0 Å². The number of nitrogens with zero attached hydrogens (tertiary/aromatic N) is 4. The molecule has 0 unspecified atom stereocenters. The molecule has 3 heterocycles. The van der Waals surface area contributed by atoms with Gasteiger partial charge in [0, 0.05) is 39.4 Å². The molecule has 0 aliphatic carbocycles. The number of aromatic nitrogens is 3. The maximum Gasteiger partial charge on any atom is 0.246 e. The Labute approximate surface area is 145 Å². The Balaban J connectivity index is 1.83. The number of nitrogens with one attached hydrogen (secondary N) is 2. The lowest BCUT2D eigenvalue weighted by atomic mass is 9.92. The minimum atomic E-state index is -0.256. The number of fused-ring (bicyclic) bond motifs is 1. The van der Waals surface area contributed by atoms with Gasteiger partial charge in [0.15, 0.2) is 0 Å². The Morgan fingerprint density at radius 3 is 2.92 bits per heavy atom. The lowest BCUT2D eigenvalue weighted by Gasteiger charge is -2.38. The third-order valence-corrected chi connectivity index (χ3v) is 4.42. The van der Waals surface area contributed by atoms with Crippen LogP contribution in [0, 0.1) is 5.92 Å². The number of aromatic amines is 1. The summed E-state index contributed by atoms with van der Waals surface area (Å²) in [5, 5.41) is 4.25. The van der Waals surface area contributed by atoms with Gasteiger partial charge in [-0.05, 0) is 18.6 Å². The molecule has 0 saturated carbocycles. The first-order valence-corrected chi connectivity index (χ1v) is 8.16. The summed E-state index contributed by atoms with van der Waals surface area (Å²) in [6.45, 7) is 4.46. The summed E-state index contributed by atoms with van der Waals surface area (Å²) in [6, 6.07) is 1.81. The smallest absolute Gasteiger partial charge is 0.246 e. The van der Waals surface area contributed by atoms with E-state index in [-0.39, 0.29) is 23.8 Å². The average molecular weight is 342 g/mol. The molecular weight excluding hydrogens is 320 g/mol. The van der Waals surface area contributed by atoms with Crippen molar-refractivity contribution in [1.29, 1.82) is 0 Å². The molecule has 2 N–H and O–H groups in total. The number of carbonyl (C=O) groups excluding carboxylic acids is 2. The Hall–Kier alpha value is -2.90. The number of hydrogen-bond acceptors (Lipinski definition) is 5. The van der Waals surface area contributed by atoms with Gasteiger partial charge in [-0.25, -0.2) is 9.97 Å². The first-order valence-electron chi connectivity index (χ1n) is 8.16. The Bertz CT molecular complexity index is 799. The SMILES string of the molecule is C=CC(=O)N1C[C@@H](Nc2ncnc3[nH]ccc23)C[C@@H](C(=O)N(C)C)C1. The van der Waals surface area contributed by atoms with Crippen LogP contribution in [0.3, 0.4) is 0 Å². The standard InChI is InChI=1S/C17H22N6O2/c1-4-14(24)23-8-11(17(25)22(2)3)7-12(9-23)21-16-13-5-6-18-15(13)19-10-20-16/h4-6,10-12H,1,7-9H2,2-3H3,(H2,18,19,20,21)/t11-,12+/m1/s1. The summed E-state index contributed by atoms with van der Waals surface area (Å²) in [7, 11) is 3.46. The highest BCUT2D eigenvalue weighted by atomic mass is 16.2. The van der Waals surface area contributed by atoms with Crippen LogP contribution in [0.2, 0.25) is 0 Å². The maximum absolute atomic E-state index is 12.4. The molecule has 1 fully saturated rings. The van der Waals surface area contributed by atoms with Crippen molar-refractivity contribution in [3.8, 4) is 0 Å². The third-order valence-electron chi connectivity index (χ3n) is 4.42. The van der Waals surface area contributed by atoms with E-state index in [0.717, 1.165) is 11.0 Å². The molecule has 8 nitrogen and oxygen atoms in total. The highest BCUT2D eigenvalue weighted by Crippen LogP contribution is 2.24. The number of hydrogen-bond donors (Lipinski definition) is 2. The number of piperidine rings is 1. The van der Waals surface area contributed by atoms with Crippen LogP contribution in [0.15, 0.2) is 31.2 Å². The first kappa shape index (κ1) is 16.9. The topological polar surface area (TPSA) is 94.2 Å². The summed E-state index contributed by atoms with van der Waals surface area (Å²) in [6.07, 6.45) is 5.21. The predicted molar refractivity (Wildman–Crippen MR) is 94.9 cm³/mol. The van der Waals surface area contributed by atoms with Crippen molar-refractivity contribution >= 4 is 28.7 Å². The highest BCUT2D eigenvalue weighted by Gasteiger charge is 2.34. The lowest BCUT2D eigenvalue weighted by molar-refractivity contribution is -0.137. The summed E-state index contributed by atoms with van der Waals surface area (Å²) in [5.41, 5.74) is 0.744. The number of likely N-dealkylation sites (tertiary alicyclic amines) is 1. The second kappa shape index (κ2) is 6.92. The zero-order valence-corrected chi connectivity index (χ0v) is 14.4. The first-order chi connectivity index (χ1) is 12.0. The van der Waals surface area contributed by atoms with Crippen LogP contribution in [0.4, 0.5) is 5.82 Å². The average Bonchev–Trinajstić information content (AvgIpc) is 3.09. The van der Waals surface area contributed by atoms with E-state index in [0.29, 0.717) is 25.3 Å². The largest absolute Gasteiger partial charge is 0.365 e. The molecule has 0 aromatic carbocycles. The van der Waals surface area contributed by atoms with Gasteiger partial charge in [-0.3, -0.25) is 9.59 Å². The van der Waals surface area contributed by atoms with E-state index in [1.54, 1.807) is 30.1 Å². The van der Waals surface area contributed by atoms with Gasteiger partial charge < -0.3 is 20.1 Å². The number of anilines is 1. The second-order valence-electron chi connectivity index (χ2n) is 6.42. The van der Waals surface area contributed by atoms with E-state index in [4.69, 9.17) is 0 Å². The van der Waals surface area contributed by atoms with Crippen molar-refractivity contribution < 1.29 is 9.59 Å². The van der Waals surface area contributed by atoms with E-state index < -0.39 is 0 Å². The molecule has 25 heavy (non-hydrogen) atoms. The van der Waals surface area contributed by atoms with Crippen molar-refractivity contribution in [2.45, 2.75) is 12.5 Å². The molecule has 0 radical (unpaired) electrons. The summed E-state index contributed by atoms with van der Waals surface area (Å²) in [5.74, 6) is 0.286. The van der Waals surface area contributed by atoms with Gasteiger partial charge in [-0.2, -0.15) is 0 Å². The fraction of sp³-hybridized carbons (Fsp3) is 0.412. The van der Waals surface area contributed by atoms with Crippen LogP contribution in [0.1, 0.15) is 6.42 Å². The van der Waals surface area contributed by atoms with Gasteiger partial charge in [-0.1, -0.05) is 6.58 Å². The maximum atomic E-state index is 12.4. The van der Waals surface area contributed by atoms with Crippen LogP contribution >= 0.6 is 0 Å². The van der Waals surface area contributed by atoms with Crippen LogP contribution < -0.4 is 5.32 Å². The van der Waals surface area contributed by atoms with E-state index >= 15 is 0 Å². The van der Waals surface area contributed by atoms with Gasteiger partial charge in [0.05, 0.1) is 11.3 Å². The van der Waals surface area contributed by atoms with Crippen LogP contribution in [0.5, 0.6) is 0 Å². The fourth-order valence-corrected chi connectivity index (χ4v) is 3.24. The molecule has 2 aromatic rings. The molecule has 8 heteroatoms. The third kappa shape index (κ3) is 3.47. The summed E-state index contributed by atoms with van der Waals surface area (Å²) >= 11 is 0. The number of H-pyrrole nitrogens is 1. The zero-order chi connectivity index (χ0) is 18.0. The molecule has 2 atom stereocenters. The predicted octanol–water partition coefficient (Wildman–Crippen LogP) is 0.861. The molecule has 3 rings (SSSR count). The second-order valence-corrected chi connectivity index (χ2v) is 6.42. The monoisotopic (exact) mass is 342 g/mol. The van der Waals surface area contributed by atoms with E-state index in [9.17, 15) is 9.59 Å². The molecule has 0 spiro atoms.